The monoisotopic (exact) mass is 494 g/mol. The molecule has 2 aromatic carbocycles. The summed E-state index contributed by atoms with van der Waals surface area (Å²) in [5, 5.41) is 13.9. The molecular weight excluding hydrogens is 472 g/mol. The van der Waals surface area contributed by atoms with Crippen molar-refractivity contribution >= 4 is 33.8 Å². The van der Waals surface area contributed by atoms with Gasteiger partial charge in [-0.2, -0.15) is 0 Å². The van der Waals surface area contributed by atoms with E-state index in [0.29, 0.717) is 37.2 Å². The van der Waals surface area contributed by atoms with Crippen LogP contribution >= 0.6 is 15.9 Å². The van der Waals surface area contributed by atoms with E-state index in [1.807, 2.05) is 30.3 Å². The molecule has 3 aromatic rings. The second-order valence-electron chi connectivity index (χ2n) is 7.72. The number of nitrogens with one attached hydrogen (secondary N) is 2. The molecule has 4 rings (SSSR count). The van der Waals surface area contributed by atoms with Gasteiger partial charge in [-0.05, 0) is 48.7 Å². The van der Waals surface area contributed by atoms with Crippen LogP contribution in [0, 0.1) is 0 Å². The third-order valence-electron chi connectivity index (χ3n) is 5.59. The number of imidazole rings is 1. The van der Waals surface area contributed by atoms with Gasteiger partial charge in [0.25, 0.3) is 11.8 Å². The van der Waals surface area contributed by atoms with Crippen molar-refractivity contribution in [3.8, 4) is 0 Å². The molecule has 0 radical (unpaired) electrons. The topological polar surface area (TPSA) is 98.3 Å². The van der Waals surface area contributed by atoms with Crippen LogP contribution in [0.4, 0.5) is 0 Å². The lowest BCUT2D eigenvalue weighted by atomic mass is 9.84. The van der Waals surface area contributed by atoms with Gasteiger partial charge in [0.05, 0.1) is 23.8 Å². The largest absolute Gasteiger partial charge is 0.385 e. The molecule has 0 atom stereocenters. The summed E-state index contributed by atoms with van der Waals surface area (Å²) in [6, 6.07) is 16.3. The van der Waals surface area contributed by atoms with Gasteiger partial charge in [-0.15, -0.1) is 0 Å². The number of hydrogen-bond acceptors (Lipinski definition) is 4. The van der Waals surface area contributed by atoms with Crippen molar-refractivity contribution in [2.75, 3.05) is 13.1 Å². The van der Waals surface area contributed by atoms with Gasteiger partial charge in [-0.1, -0.05) is 46.3 Å². The number of aromatic amines is 1. The average molecular weight is 495 g/mol. The highest BCUT2D eigenvalue weighted by molar-refractivity contribution is 9.10. The first-order valence-corrected chi connectivity index (χ1v) is 11.1. The molecule has 2 heterocycles. The summed E-state index contributed by atoms with van der Waals surface area (Å²) >= 11 is 3.41. The van der Waals surface area contributed by atoms with Crippen LogP contribution in [0.5, 0.6) is 0 Å². The van der Waals surface area contributed by atoms with E-state index in [2.05, 4.69) is 31.2 Å². The first-order chi connectivity index (χ1) is 15.4. The minimum absolute atomic E-state index is 0.150. The Morgan fingerprint density at radius 3 is 2.41 bits per heavy atom. The second kappa shape index (κ2) is 9.50. The van der Waals surface area contributed by atoms with E-state index in [-0.39, 0.29) is 17.5 Å². The SMILES string of the molecule is O=C(N/C(=C\c1cnc[nH]1)C(=O)N1CCC(O)(c2ccc(Br)cc2)CC1)c1ccccc1. The fourth-order valence-corrected chi connectivity index (χ4v) is 4.00. The molecule has 2 amide bonds. The molecule has 0 unspecified atom stereocenters. The van der Waals surface area contributed by atoms with Gasteiger partial charge in [0.15, 0.2) is 0 Å². The molecule has 0 bridgehead atoms. The van der Waals surface area contributed by atoms with Crippen molar-refractivity contribution in [1.82, 2.24) is 20.2 Å². The Kier molecular flexibility index (Phi) is 6.53. The number of H-pyrrole nitrogens is 1. The highest BCUT2D eigenvalue weighted by Gasteiger charge is 2.36. The number of nitrogens with zero attached hydrogens (tertiary/aromatic N) is 2. The van der Waals surface area contributed by atoms with Gasteiger partial charge in [0.1, 0.15) is 5.70 Å². The number of hydrogen-bond donors (Lipinski definition) is 3. The Hall–Kier alpha value is -3.23. The lowest BCUT2D eigenvalue weighted by molar-refractivity contribution is -0.131. The molecule has 1 saturated heterocycles. The third-order valence-corrected chi connectivity index (χ3v) is 6.12. The molecule has 0 aliphatic carbocycles. The Labute approximate surface area is 194 Å². The molecule has 0 spiro atoms. The Morgan fingerprint density at radius 1 is 1.09 bits per heavy atom. The standard InChI is InChI=1S/C24H23BrN4O3/c25-19-8-6-18(7-9-19)24(32)10-12-29(13-11-24)23(31)21(14-20-15-26-16-27-20)28-22(30)17-4-2-1-3-5-17/h1-9,14-16,32H,10-13H2,(H,26,27)(H,28,30)/b21-14-. The van der Waals surface area contributed by atoms with Gasteiger partial charge in [0, 0.05) is 23.1 Å². The molecule has 1 aromatic heterocycles. The maximum absolute atomic E-state index is 13.3. The van der Waals surface area contributed by atoms with Crippen LogP contribution in [0.2, 0.25) is 0 Å². The van der Waals surface area contributed by atoms with Crippen LogP contribution in [0.1, 0.15) is 34.5 Å². The summed E-state index contributed by atoms with van der Waals surface area (Å²) in [5.41, 5.74) is 1.05. The molecule has 1 aliphatic rings. The Balaban J connectivity index is 1.50. The highest BCUT2D eigenvalue weighted by Crippen LogP contribution is 2.33. The zero-order chi connectivity index (χ0) is 22.6. The van der Waals surface area contributed by atoms with E-state index < -0.39 is 5.60 Å². The number of amides is 2. The molecule has 7 nitrogen and oxygen atoms in total. The van der Waals surface area contributed by atoms with Gasteiger partial charge >= 0.3 is 0 Å². The van der Waals surface area contributed by atoms with E-state index in [9.17, 15) is 14.7 Å². The van der Waals surface area contributed by atoms with Crippen molar-refractivity contribution in [1.29, 1.82) is 0 Å². The van der Waals surface area contributed by atoms with Crippen LogP contribution in [-0.4, -0.2) is 44.9 Å². The van der Waals surface area contributed by atoms with Crippen molar-refractivity contribution in [3.63, 3.8) is 0 Å². The van der Waals surface area contributed by atoms with E-state index in [1.165, 1.54) is 6.33 Å². The van der Waals surface area contributed by atoms with Gasteiger partial charge in [0.2, 0.25) is 0 Å². The van der Waals surface area contributed by atoms with Crippen LogP contribution < -0.4 is 5.32 Å². The summed E-state index contributed by atoms with van der Waals surface area (Å²) in [7, 11) is 0. The fraction of sp³-hybridized carbons (Fsp3) is 0.208. The van der Waals surface area contributed by atoms with E-state index in [4.69, 9.17) is 0 Å². The Bertz CT molecular complexity index is 1100. The number of carbonyl (C=O) groups excluding carboxylic acids is 2. The molecule has 32 heavy (non-hydrogen) atoms. The number of rotatable bonds is 5. The number of halogens is 1. The summed E-state index contributed by atoms with van der Waals surface area (Å²) < 4.78 is 0.945. The minimum atomic E-state index is -0.988. The Morgan fingerprint density at radius 2 is 1.78 bits per heavy atom. The molecular formula is C24H23BrN4O3. The number of aromatic nitrogens is 2. The fourth-order valence-electron chi connectivity index (χ4n) is 3.74. The summed E-state index contributed by atoms with van der Waals surface area (Å²) in [6.45, 7) is 0.736. The highest BCUT2D eigenvalue weighted by atomic mass is 79.9. The van der Waals surface area contributed by atoms with Gasteiger partial charge in [-0.3, -0.25) is 9.59 Å². The van der Waals surface area contributed by atoms with Gasteiger partial charge < -0.3 is 20.3 Å². The molecule has 1 aliphatic heterocycles. The summed E-state index contributed by atoms with van der Waals surface area (Å²) in [4.78, 5) is 34.5. The lowest BCUT2D eigenvalue weighted by Crippen LogP contribution is -2.47. The first kappa shape index (κ1) is 22.0. The zero-order valence-electron chi connectivity index (χ0n) is 17.3. The maximum atomic E-state index is 13.3. The van der Waals surface area contributed by atoms with E-state index in [1.54, 1.807) is 41.4 Å². The smallest absolute Gasteiger partial charge is 0.270 e. The van der Waals surface area contributed by atoms with Gasteiger partial charge in [-0.25, -0.2) is 4.98 Å². The predicted octanol–water partition coefficient (Wildman–Crippen LogP) is 3.45. The number of piperidine rings is 1. The van der Waals surface area contributed by atoms with Crippen LogP contribution in [-0.2, 0) is 10.4 Å². The predicted molar refractivity (Wildman–Crippen MR) is 124 cm³/mol. The normalized spacial score (nSPS) is 15.9. The third kappa shape index (κ3) is 4.98. The van der Waals surface area contributed by atoms with Crippen LogP contribution in [0.15, 0.2) is 77.3 Å². The molecule has 1 fully saturated rings. The molecule has 3 N–H and O–H groups in total. The molecule has 8 heteroatoms. The first-order valence-electron chi connectivity index (χ1n) is 10.3. The number of carbonyl (C=O) groups is 2. The minimum Gasteiger partial charge on any atom is -0.385 e. The van der Waals surface area contributed by atoms with Crippen molar-refractivity contribution in [3.05, 3.63) is 94.1 Å². The second-order valence-corrected chi connectivity index (χ2v) is 8.63. The maximum Gasteiger partial charge on any atom is 0.270 e. The summed E-state index contributed by atoms with van der Waals surface area (Å²) in [5.74, 6) is -0.671. The zero-order valence-corrected chi connectivity index (χ0v) is 18.9. The number of likely N-dealkylation sites (tertiary alicyclic amines) is 1. The van der Waals surface area contributed by atoms with E-state index in [0.717, 1.165) is 10.0 Å². The van der Waals surface area contributed by atoms with Crippen molar-refractivity contribution in [2.45, 2.75) is 18.4 Å². The van der Waals surface area contributed by atoms with Crippen molar-refractivity contribution < 1.29 is 14.7 Å². The molecule has 0 saturated carbocycles. The quantitative estimate of drug-likeness (QED) is 0.473. The number of benzene rings is 2. The van der Waals surface area contributed by atoms with E-state index >= 15 is 0 Å². The van der Waals surface area contributed by atoms with Crippen molar-refractivity contribution in [2.24, 2.45) is 0 Å². The summed E-state index contributed by atoms with van der Waals surface area (Å²) in [6.07, 6.45) is 5.47. The molecule has 164 valence electrons. The average Bonchev–Trinajstić information content (AvgIpc) is 3.33. The van der Waals surface area contributed by atoms with Crippen LogP contribution in [0.25, 0.3) is 6.08 Å². The number of aliphatic hydroxyl groups is 1. The lowest BCUT2D eigenvalue weighted by Gasteiger charge is -2.38. The van der Waals surface area contributed by atoms with Crippen LogP contribution in [0.3, 0.4) is 0 Å².